The smallest absolute Gasteiger partial charge is 0.234 e. The molecule has 0 unspecified atom stereocenters. The Morgan fingerprint density at radius 3 is 2.53 bits per heavy atom. The second kappa shape index (κ2) is 10.5. The fraction of sp³-hybridized carbons (Fsp3) is 0.348. The summed E-state index contributed by atoms with van der Waals surface area (Å²) < 4.78 is 2.15. The lowest BCUT2D eigenvalue weighted by molar-refractivity contribution is -0.113. The van der Waals surface area contributed by atoms with E-state index in [0.717, 1.165) is 42.0 Å². The Hall–Kier alpha value is -1.73. The van der Waals surface area contributed by atoms with Crippen molar-refractivity contribution < 1.29 is 4.79 Å². The number of aromatic nitrogens is 3. The molecular formula is C23H23Cl3N4OS. The zero-order valence-electron chi connectivity index (χ0n) is 17.6. The van der Waals surface area contributed by atoms with Crippen LogP contribution in [0.5, 0.6) is 0 Å². The van der Waals surface area contributed by atoms with Crippen LogP contribution >= 0.6 is 46.6 Å². The fourth-order valence-corrected chi connectivity index (χ4v) is 5.41. The van der Waals surface area contributed by atoms with Crippen molar-refractivity contribution in [3.8, 4) is 11.4 Å². The van der Waals surface area contributed by atoms with E-state index in [2.05, 4.69) is 20.1 Å². The molecule has 0 atom stereocenters. The lowest BCUT2D eigenvalue weighted by Gasteiger charge is -2.25. The van der Waals surface area contributed by atoms with E-state index in [1.165, 1.54) is 18.2 Å². The molecule has 168 valence electrons. The number of benzene rings is 2. The Labute approximate surface area is 206 Å². The first kappa shape index (κ1) is 23.4. The largest absolute Gasteiger partial charge is 0.325 e. The maximum Gasteiger partial charge on any atom is 0.234 e. The minimum Gasteiger partial charge on any atom is -0.325 e. The molecule has 1 aromatic heterocycles. The molecule has 1 aliphatic carbocycles. The highest BCUT2D eigenvalue weighted by Crippen LogP contribution is 2.38. The van der Waals surface area contributed by atoms with Gasteiger partial charge in [-0.15, -0.1) is 10.2 Å². The zero-order chi connectivity index (χ0) is 22.7. The van der Waals surface area contributed by atoms with Gasteiger partial charge in [-0.3, -0.25) is 9.36 Å². The van der Waals surface area contributed by atoms with E-state index >= 15 is 0 Å². The van der Waals surface area contributed by atoms with E-state index in [1.807, 2.05) is 19.1 Å². The van der Waals surface area contributed by atoms with Crippen molar-refractivity contribution in [2.45, 2.75) is 50.2 Å². The van der Waals surface area contributed by atoms with Crippen LogP contribution in [-0.2, 0) is 4.79 Å². The highest BCUT2D eigenvalue weighted by Gasteiger charge is 2.25. The Morgan fingerprint density at radius 2 is 1.78 bits per heavy atom. The van der Waals surface area contributed by atoms with Crippen molar-refractivity contribution in [3.05, 3.63) is 57.0 Å². The minimum absolute atomic E-state index is 0.121. The Bertz CT molecular complexity index is 1130. The van der Waals surface area contributed by atoms with Crippen LogP contribution in [0, 0.1) is 6.92 Å². The molecule has 1 saturated carbocycles. The maximum atomic E-state index is 12.6. The van der Waals surface area contributed by atoms with E-state index in [4.69, 9.17) is 34.8 Å². The summed E-state index contributed by atoms with van der Waals surface area (Å²) >= 11 is 20.0. The van der Waals surface area contributed by atoms with Crippen molar-refractivity contribution in [2.24, 2.45) is 0 Å². The van der Waals surface area contributed by atoms with Crippen molar-refractivity contribution in [1.82, 2.24) is 14.8 Å². The molecule has 1 fully saturated rings. The average Bonchev–Trinajstić information content (AvgIpc) is 3.19. The van der Waals surface area contributed by atoms with Crippen molar-refractivity contribution in [2.75, 3.05) is 11.1 Å². The summed E-state index contributed by atoms with van der Waals surface area (Å²) in [6.07, 6.45) is 5.67. The van der Waals surface area contributed by atoms with Gasteiger partial charge >= 0.3 is 0 Å². The predicted octanol–water partition coefficient (Wildman–Crippen LogP) is 7.45. The number of nitrogens with one attached hydrogen (secondary N) is 1. The molecule has 5 nitrogen and oxygen atoms in total. The summed E-state index contributed by atoms with van der Waals surface area (Å²) in [5.74, 6) is 0.808. The number of halogens is 3. The normalized spacial score (nSPS) is 14.5. The number of hydrogen-bond donors (Lipinski definition) is 1. The van der Waals surface area contributed by atoms with Gasteiger partial charge in [-0.25, -0.2) is 0 Å². The minimum atomic E-state index is -0.121. The number of carbonyl (C=O) groups excluding carboxylic acids is 1. The van der Waals surface area contributed by atoms with E-state index in [0.29, 0.717) is 26.6 Å². The summed E-state index contributed by atoms with van der Waals surface area (Å²) in [6, 6.07) is 11.1. The van der Waals surface area contributed by atoms with Crippen molar-refractivity contribution in [3.63, 3.8) is 0 Å². The summed E-state index contributed by atoms with van der Waals surface area (Å²) in [4.78, 5) is 12.6. The second-order valence-electron chi connectivity index (χ2n) is 7.89. The molecule has 1 aliphatic rings. The molecule has 0 bridgehead atoms. The first-order chi connectivity index (χ1) is 15.4. The van der Waals surface area contributed by atoms with Gasteiger partial charge in [0.1, 0.15) is 0 Å². The fourth-order valence-electron chi connectivity index (χ4n) is 3.94. The van der Waals surface area contributed by atoms with Gasteiger partial charge in [0.15, 0.2) is 11.0 Å². The van der Waals surface area contributed by atoms with Gasteiger partial charge in [0, 0.05) is 27.3 Å². The van der Waals surface area contributed by atoms with Gasteiger partial charge in [-0.05, 0) is 55.7 Å². The van der Waals surface area contributed by atoms with Crippen LogP contribution in [0.1, 0.15) is 43.7 Å². The van der Waals surface area contributed by atoms with Crippen LogP contribution in [0.4, 0.5) is 5.69 Å². The van der Waals surface area contributed by atoms with Gasteiger partial charge in [-0.1, -0.05) is 71.9 Å². The molecular weight excluding hydrogens is 487 g/mol. The third-order valence-corrected chi connectivity index (χ3v) is 7.31. The van der Waals surface area contributed by atoms with Crippen molar-refractivity contribution >= 4 is 58.2 Å². The molecule has 1 heterocycles. The zero-order valence-corrected chi connectivity index (χ0v) is 20.7. The third kappa shape index (κ3) is 5.42. The third-order valence-electron chi connectivity index (χ3n) is 5.58. The van der Waals surface area contributed by atoms with Crippen LogP contribution in [0.2, 0.25) is 15.1 Å². The number of anilines is 1. The first-order valence-corrected chi connectivity index (χ1v) is 12.6. The molecule has 2 aromatic carbocycles. The van der Waals surface area contributed by atoms with E-state index in [1.54, 1.807) is 24.3 Å². The molecule has 0 aliphatic heterocycles. The SMILES string of the molecule is Cc1ccc(Cl)cc1NC(=O)CSc1nnc(-c2ccc(Cl)cc2Cl)n1C1CCCCC1. The van der Waals surface area contributed by atoms with E-state index < -0.39 is 0 Å². The number of carbonyl (C=O) groups is 1. The first-order valence-electron chi connectivity index (χ1n) is 10.5. The number of aryl methyl sites for hydroxylation is 1. The lowest BCUT2D eigenvalue weighted by Crippen LogP contribution is -2.17. The molecule has 0 spiro atoms. The summed E-state index contributed by atoms with van der Waals surface area (Å²) in [7, 11) is 0. The predicted molar refractivity (Wildman–Crippen MR) is 133 cm³/mol. The molecule has 1 N–H and O–H groups in total. The molecule has 0 radical (unpaired) electrons. The Balaban J connectivity index is 1.57. The summed E-state index contributed by atoms with van der Waals surface area (Å²) in [5, 5.41) is 14.2. The van der Waals surface area contributed by atoms with Gasteiger partial charge < -0.3 is 5.32 Å². The number of hydrogen-bond acceptors (Lipinski definition) is 4. The number of amides is 1. The van der Waals surface area contributed by atoms with Crippen LogP contribution in [0.15, 0.2) is 41.6 Å². The maximum absolute atomic E-state index is 12.6. The van der Waals surface area contributed by atoms with Gasteiger partial charge in [0.2, 0.25) is 5.91 Å². The van der Waals surface area contributed by atoms with E-state index in [-0.39, 0.29) is 17.7 Å². The monoisotopic (exact) mass is 508 g/mol. The van der Waals surface area contributed by atoms with Crippen LogP contribution in [-0.4, -0.2) is 26.4 Å². The van der Waals surface area contributed by atoms with Crippen LogP contribution in [0.3, 0.4) is 0 Å². The molecule has 32 heavy (non-hydrogen) atoms. The quantitative estimate of drug-likeness (QED) is 0.351. The molecule has 9 heteroatoms. The molecule has 0 saturated heterocycles. The Morgan fingerprint density at radius 1 is 1.06 bits per heavy atom. The average molecular weight is 510 g/mol. The molecule has 1 amide bonds. The van der Waals surface area contributed by atoms with Gasteiger partial charge in [0.25, 0.3) is 0 Å². The van der Waals surface area contributed by atoms with E-state index in [9.17, 15) is 4.79 Å². The Kier molecular flexibility index (Phi) is 7.66. The highest BCUT2D eigenvalue weighted by molar-refractivity contribution is 7.99. The van der Waals surface area contributed by atoms with Crippen LogP contribution in [0.25, 0.3) is 11.4 Å². The highest BCUT2D eigenvalue weighted by atomic mass is 35.5. The van der Waals surface area contributed by atoms with Crippen molar-refractivity contribution in [1.29, 1.82) is 0 Å². The van der Waals surface area contributed by atoms with Gasteiger partial charge in [0.05, 0.1) is 10.8 Å². The molecule has 3 aromatic rings. The lowest BCUT2D eigenvalue weighted by atomic mass is 9.95. The molecule has 4 rings (SSSR count). The standard InChI is InChI=1S/C23H23Cl3N4OS/c1-14-7-8-16(25)12-20(14)27-21(31)13-32-23-29-28-22(18-10-9-15(24)11-19(18)26)30(23)17-5-3-2-4-6-17/h7-12,17H,2-6,13H2,1H3,(H,27,31). The summed E-state index contributed by atoms with van der Waals surface area (Å²) in [5.41, 5.74) is 2.46. The number of nitrogens with zero attached hydrogens (tertiary/aromatic N) is 3. The topological polar surface area (TPSA) is 59.8 Å². The number of rotatable bonds is 6. The summed E-state index contributed by atoms with van der Waals surface area (Å²) in [6.45, 7) is 1.93. The number of thioether (sulfide) groups is 1. The van der Waals surface area contributed by atoms with Crippen LogP contribution < -0.4 is 5.32 Å². The second-order valence-corrected chi connectivity index (χ2v) is 10.1. The van der Waals surface area contributed by atoms with Gasteiger partial charge in [-0.2, -0.15) is 0 Å².